The van der Waals surface area contributed by atoms with Gasteiger partial charge in [-0.05, 0) is 60.1 Å². The first-order valence-electron chi connectivity index (χ1n) is 5.52. The predicted molar refractivity (Wildman–Crippen MR) is 75.3 cm³/mol. The molecule has 1 rings (SSSR count). The monoisotopic (exact) mass is 342 g/mol. The van der Waals surface area contributed by atoms with Crippen LogP contribution in [0.3, 0.4) is 0 Å². The van der Waals surface area contributed by atoms with E-state index in [1.165, 1.54) is 9.13 Å². The Balaban J connectivity index is 2.33. The van der Waals surface area contributed by atoms with E-state index in [1.54, 1.807) is 0 Å². The van der Waals surface area contributed by atoms with E-state index in [4.69, 9.17) is 5.26 Å². The van der Waals surface area contributed by atoms with Gasteiger partial charge in [0.2, 0.25) is 5.91 Å². The van der Waals surface area contributed by atoms with Crippen molar-refractivity contribution < 1.29 is 4.79 Å². The molecule has 0 aliphatic carbocycles. The van der Waals surface area contributed by atoms with Crippen molar-refractivity contribution in [3.8, 4) is 6.07 Å². The highest BCUT2D eigenvalue weighted by molar-refractivity contribution is 14.1. The van der Waals surface area contributed by atoms with Crippen LogP contribution in [0.5, 0.6) is 0 Å². The molecule has 0 fully saturated rings. The van der Waals surface area contributed by atoms with Gasteiger partial charge < -0.3 is 5.32 Å². The van der Waals surface area contributed by atoms with Crippen LogP contribution in [0.2, 0.25) is 0 Å². The molecule has 90 valence electrons. The molecule has 0 heterocycles. The Morgan fingerprint density at radius 2 is 2.12 bits per heavy atom. The quantitative estimate of drug-likeness (QED) is 0.837. The number of hydrogen-bond donors (Lipinski definition) is 1. The lowest BCUT2D eigenvalue weighted by Crippen LogP contribution is -2.32. The maximum absolute atomic E-state index is 11.2. The Kier molecular flexibility index (Phi) is 5.98. The third-order valence-electron chi connectivity index (χ3n) is 2.43. The summed E-state index contributed by atoms with van der Waals surface area (Å²) in [5.41, 5.74) is 1.27. The highest BCUT2D eigenvalue weighted by Gasteiger charge is 2.06. The normalized spacial score (nSPS) is 11.6. The lowest BCUT2D eigenvalue weighted by atomic mass is 10.1. The van der Waals surface area contributed by atoms with Gasteiger partial charge in [-0.3, -0.25) is 4.79 Å². The molecule has 3 nitrogen and oxygen atoms in total. The van der Waals surface area contributed by atoms with Gasteiger partial charge in [-0.25, -0.2) is 0 Å². The number of benzene rings is 1. The van der Waals surface area contributed by atoms with Crippen molar-refractivity contribution >= 4 is 28.5 Å². The Hall–Kier alpha value is -1.09. The number of nitrogens with one attached hydrogen (secondary N) is 1. The molecule has 0 saturated carbocycles. The van der Waals surface area contributed by atoms with Crippen LogP contribution in [0, 0.1) is 14.9 Å². The topological polar surface area (TPSA) is 52.9 Å². The number of nitrogens with zero attached hydrogens (tertiary/aromatic N) is 1. The van der Waals surface area contributed by atoms with Crippen molar-refractivity contribution in [2.75, 3.05) is 0 Å². The van der Waals surface area contributed by atoms with E-state index in [2.05, 4.69) is 52.2 Å². The van der Waals surface area contributed by atoms with Crippen LogP contribution in [-0.2, 0) is 11.2 Å². The summed E-state index contributed by atoms with van der Waals surface area (Å²) < 4.78 is 1.22. The average Bonchev–Trinajstić information content (AvgIpc) is 2.28. The Morgan fingerprint density at radius 1 is 1.47 bits per heavy atom. The average molecular weight is 342 g/mol. The molecule has 17 heavy (non-hydrogen) atoms. The van der Waals surface area contributed by atoms with Gasteiger partial charge >= 0.3 is 0 Å². The van der Waals surface area contributed by atoms with Crippen LogP contribution < -0.4 is 5.32 Å². The van der Waals surface area contributed by atoms with Crippen LogP contribution in [0.25, 0.3) is 0 Å². The summed E-state index contributed by atoms with van der Waals surface area (Å²) in [5, 5.41) is 11.2. The summed E-state index contributed by atoms with van der Waals surface area (Å²) in [6.45, 7) is 1.96. The van der Waals surface area contributed by atoms with E-state index >= 15 is 0 Å². The van der Waals surface area contributed by atoms with Crippen LogP contribution in [0.4, 0.5) is 0 Å². The minimum absolute atomic E-state index is 0.0616. The van der Waals surface area contributed by atoms with Crippen molar-refractivity contribution in [3.05, 3.63) is 33.4 Å². The summed E-state index contributed by atoms with van der Waals surface area (Å²) in [6, 6.07) is 10.3. The van der Waals surface area contributed by atoms with E-state index in [9.17, 15) is 4.79 Å². The van der Waals surface area contributed by atoms with Gasteiger partial charge in [0.25, 0.3) is 0 Å². The second-order valence-electron chi connectivity index (χ2n) is 3.97. The van der Waals surface area contributed by atoms with E-state index in [1.807, 2.05) is 13.0 Å². The first-order valence-corrected chi connectivity index (χ1v) is 6.60. The van der Waals surface area contributed by atoms with Crippen molar-refractivity contribution in [1.82, 2.24) is 5.32 Å². The molecule has 0 aliphatic rings. The molecule has 1 N–H and O–H groups in total. The Morgan fingerprint density at radius 3 is 2.71 bits per heavy atom. The van der Waals surface area contributed by atoms with E-state index in [-0.39, 0.29) is 18.4 Å². The molecule has 0 aromatic heterocycles. The molecule has 1 atom stereocenters. The zero-order chi connectivity index (χ0) is 12.7. The van der Waals surface area contributed by atoms with Gasteiger partial charge in [0.1, 0.15) is 6.42 Å². The second kappa shape index (κ2) is 7.28. The number of rotatable bonds is 5. The highest BCUT2D eigenvalue weighted by atomic mass is 127. The minimum atomic E-state index is -0.192. The minimum Gasteiger partial charge on any atom is -0.353 e. The standard InChI is InChI=1S/C13H15IN2O/c1-10(16-13(17)8-9-15)2-3-11-4-6-12(14)7-5-11/h4-7,10H,2-3,8H2,1H3,(H,16,17). The third kappa shape index (κ3) is 5.68. The fraction of sp³-hybridized carbons (Fsp3) is 0.385. The second-order valence-corrected chi connectivity index (χ2v) is 5.21. The lowest BCUT2D eigenvalue weighted by molar-refractivity contribution is -0.120. The molecule has 0 spiro atoms. The van der Waals surface area contributed by atoms with Crippen molar-refractivity contribution in [2.24, 2.45) is 0 Å². The molecule has 0 saturated heterocycles. The van der Waals surface area contributed by atoms with Gasteiger partial charge in [-0.1, -0.05) is 12.1 Å². The smallest absolute Gasteiger partial charge is 0.234 e. The molecule has 1 aromatic rings. The molecule has 0 bridgehead atoms. The summed E-state index contributed by atoms with van der Waals surface area (Å²) in [5.74, 6) is -0.192. The molecule has 1 aromatic carbocycles. The van der Waals surface area contributed by atoms with Crippen LogP contribution in [0.15, 0.2) is 24.3 Å². The van der Waals surface area contributed by atoms with Gasteiger partial charge in [0, 0.05) is 9.61 Å². The lowest BCUT2D eigenvalue weighted by Gasteiger charge is -2.12. The molecule has 1 unspecified atom stereocenters. The number of hydrogen-bond acceptors (Lipinski definition) is 2. The number of nitriles is 1. The maximum atomic E-state index is 11.2. The zero-order valence-electron chi connectivity index (χ0n) is 9.74. The van der Waals surface area contributed by atoms with Crippen LogP contribution >= 0.6 is 22.6 Å². The molecule has 0 radical (unpaired) electrons. The molecule has 4 heteroatoms. The van der Waals surface area contributed by atoms with E-state index < -0.39 is 0 Å². The van der Waals surface area contributed by atoms with Crippen molar-refractivity contribution in [3.63, 3.8) is 0 Å². The predicted octanol–water partition coefficient (Wildman–Crippen LogP) is 2.64. The number of carbonyl (C=O) groups excluding carboxylic acids is 1. The molecular formula is C13H15IN2O. The van der Waals surface area contributed by atoms with Crippen molar-refractivity contribution in [1.29, 1.82) is 5.26 Å². The molecule has 0 aliphatic heterocycles. The fourth-order valence-electron chi connectivity index (χ4n) is 1.50. The zero-order valence-corrected chi connectivity index (χ0v) is 11.9. The first-order chi connectivity index (χ1) is 8.11. The molecular weight excluding hydrogens is 327 g/mol. The SMILES string of the molecule is CC(CCc1ccc(I)cc1)NC(=O)CC#N. The van der Waals surface area contributed by atoms with Gasteiger partial charge in [-0.15, -0.1) is 0 Å². The maximum Gasteiger partial charge on any atom is 0.234 e. The number of carbonyl (C=O) groups is 1. The van der Waals surface area contributed by atoms with Gasteiger partial charge in [0.15, 0.2) is 0 Å². The Bertz CT molecular complexity index is 408. The summed E-state index contributed by atoms with van der Waals surface area (Å²) in [7, 11) is 0. The number of amides is 1. The third-order valence-corrected chi connectivity index (χ3v) is 3.15. The number of halogens is 1. The van der Waals surface area contributed by atoms with Gasteiger partial charge in [-0.2, -0.15) is 5.26 Å². The van der Waals surface area contributed by atoms with E-state index in [0.29, 0.717) is 0 Å². The largest absolute Gasteiger partial charge is 0.353 e. The van der Waals surface area contributed by atoms with Crippen LogP contribution in [-0.4, -0.2) is 11.9 Å². The number of aryl methyl sites for hydroxylation is 1. The first kappa shape index (κ1) is 14.0. The van der Waals surface area contributed by atoms with E-state index in [0.717, 1.165) is 12.8 Å². The van der Waals surface area contributed by atoms with Crippen molar-refractivity contribution in [2.45, 2.75) is 32.2 Å². The summed E-state index contributed by atoms with van der Waals surface area (Å²) >= 11 is 2.28. The van der Waals surface area contributed by atoms with Gasteiger partial charge in [0.05, 0.1) is 6.07 Å². The Labute approximate surface area is 115 Å². The molecule has 1 amide bonds. The summed E-state index contributed by atoms with van der Waals surface area (Å²) in [6.07, 6.45) is 1.76. The van der Waals surface area contributed by atoms with Crippen LogP contribution in [0.1, 0.15) is 25.3 Å². The fourth-order valence-corrected chi connectivity index (χ4v) is 1.86. The highest BCUT2D eigenvalue weighted by Crippen LogP contribution is 2.09. The summed E-state index contributed by atoms with van der Waals surface area (Å²) in [4.78, 5) is 11.2.